The van der Waals surface area contributed by atoms with Crippen molar-refractivity contribution in [2.45, 2.75) is 12.8 Å². The number of nitrogens with zero attached hydrogens (tertiary/aromatic N) is 1. The molecule has 7 nitrogen and oxygen atoms in total. The first kappa shape index (κ1) is 13.0. The predicted molar refractivity (Wildman–Crippen MR) is 61.3 cm³/mol. The van der Waals surface area contributed by atoms with Crippen LogP contribution in [0.25, 0.3) is 0 Å². The zero-order valence-electron chi connectivity index (χ0n) is 10.1. The van der Waals surface area contributed by atoms with Crippen molar-refractivity contribution in [1.82, 2.24) is 10.2 Å². The molecule has 0 atom stereocenters. The van der Waals surface area contributed by atoms with Crippen LogP contribution in [0.2, 0.25) is 0 Å². The summed E-state index contributed by atoms with van der Waals surface area (Å²) in [5.41, 5.74) is 5.04. The van der Waals surface area contributed by atoms with Crippen molar-refractivity contribution in [1.29, 1.82) is 0 Å². The average molecular weight is 255 g/mol. The number of carbonyl (C=O) groups excluding carboxylic acids is 3. The number of hydrogen-bond acceptors (Lipinski definition) is 5. The summed E-state index contributed by atoms with van der Waals surface area (Å²) in [5, 5.41) is 2.17. The van der Waals surface area contributed by atoms with Gasteiger partial charge in [0.25, 0.3) is 0 Å². The van der Waals surface area contributed by atoms with Crippen molar-refractivity contribution in [2.75, 3.05) is 32.8 Å². The van der Waals surface area contributed by atoms with Crippen LogP contribution in [-0.2, 0) is 19.1 Å². The lowest BCUT2D eigenvalue weighted by molar-refractivity contribution is -0.154. The molecular formula is C11H17N3O4. The minimum absolute atomic E-state index is 0.0762. The van der Waals surface area contributed by atoms with E-state index < -0.39 is 17.2 Å². The molecule has 0 bridgehead atoms. The van der Waals surface area contributed by atoms with Crippen molar-refractivity contribution in [2.24, 2.45) is 11.1 Å². The molecule has 0 radical (unpaired) electrons. The fourth-order valence-electron chi connectivity index (χ4n) is 2.38. The molecule has 0 aliphatic carbocycles. The van der Waals surface area contributed by atoms with Crippen molar-refractivity contribution in [3.05, 3.63) is 0 Å². The van der Waals surface area contributed by atoms with E-state index in [-0.39, 0.29) is 25.5 Å². The molecule has 0 unspecified atom stereocenters. The van der Waals surface area contributed by atoms with Gasteiger partial charge in [0.2, 0.25) is 17.7 Å². The smallest absolute Gasteiger partial charge is 0.246 e. The Morgan fingerprint density at radius 2 is 1.83 bits per heavy atom. The lowest BCUT2D eigenvalue weighted by atomic mass is 9.78. The van der Waals surface area contributed by atoms with Crippen molar-refractivity contribution in [3.8, 4) is 0 Å². The number of carbonyl (C=O) groups is 3. The van der Waals surface area contributed by atoms with Gasteiger partial charge >= 0.3 is 0 Å². The zero-order chi connectivity index (χ0) is 13.2. The maximum atomic E-state index is 12.5. The summed E-state index contributed by atoms with van der Waals surface area (Å²) in [6, 6.07) is 0. The van der Waals surface area contributed by atoms with Gasteiger partial charge in [-0.1, -0.05) is 0 Å². The Morgan fingerprint density at radius 1 is 1.28 bits per heavy atom. The van der Waals surface area contributed by atoms with Crippen molar-refractivity contribution < 1.29 is 19.1 Å². The molecule has 2 heterocycles. The van der Waals surface area contributed by atoms with Crippen LogP contribution in [0.4, 0.5) is 0 Å². The van der Waals surface area contributed by atoms with Gasteiger partial charge in [0.05, 0.1) is 5.41 Å². The molecule has 0 aromatic carbocycles. The van der Waals surface area contributed by atoms with Crippen LogP contribution in [-0.4, -0.2) is 55.5 Å². The van der Waals surface area contributed by atoms with Gasteiger partial charge in [0, 0.05) is 19.8 Å². The summed E-state index contributed by atoms with van der Waals surface area (Å²) in [6.07, 6.45) is 1.07. The second-order valence-electron chi connectivity index (χ2n) is 4.73. The van der Waals surface area contributed by atoms with E-state index in [9.17, 15) is 14.4 Å². The molecule has 100 valence electrons. The fourth-order valence-corrected chi connectivity index (χ4v) is 2.38. The third kappa shape index (κ3) is 2.37. The number of nitrogens with one attached hydrogen (secondary N) is 1. The minimum Gasteiger partial charge on any atom is -0.381 e. The topological polar surface area (TPSA) is 102 Å². The van der Waals surface area contributed by atoms with E-state index in [1.54, 1.807) is 0 Å². The summed E-state index contributed by atoms with van der Waals surface area (Å²) in [4.78, 5) is 36.3. The van der Waals surface area contributed by atoms with E-state index >= 15 is 0 Å². The molecule has 0 spiro atoms. The van der Waals surface area contributed by atoms with Gasteiger partial charge < -0.3 is 15.4 Å². The van der Waals surface area contributed by atoms with Crippen LogP contribution in [0.3, 0.4) is 0 Å². The molecular weight excluding hydrogens is 238 g/mol. The van der Waals surface area contributed by atoms with Gasteiger partial charge in [-0.25, -0.2) is 0 Å². The maximum absolute atomic E-state index is 12.5. The van der Waals surface area contributed by atoms with Gasteiger partial charge in [-0.15, -0.1) is 0 Å². The quantitative estimate of drug-likeness (QED) is 0.568. The first-order valence-corrected chi connectivity index (χ1v) is 5.97. The van der Waals surface area contributed by atoms with Crippen LogP contribution in [0.1, 0.15) is 12.8 Å². The normalized spacial score (nSPS) is 23.7. The third-order valence-corrected chi connectivity index (χ3v) is 3.53. The molecule has 18 heavy (non-hydrogen) atoms. The molecule has 2 saturated heterocycles. The molecule has 0 aromatic heterocycles. The van der Waals surface area contributed by atoms with E-state index in [0.29, 0.717) is 26.1 Å². The molecule has 3 N–H and O–H groups in total. The molecule has 7 heteroatoms. The highest BCUT2D eigenvalue weighted by molar-refractivity contribution is 6.03. The van der Waals surface area contributed by atoms with Gasteiger partial charge in [-0.3, -0.25) is 19.7 Å². The largest absolute Gasteiger partial charge is 0.381 e. The van der Waals surface area contributed by atoms with E-state index in [1.807, 2.05) is 0 Å². The maximum Gasteiger partial charge on any atom is 0.246 e. The highest BCUT2D eigenvalue weighted by atomic mass is 16.5. The number of piperazine rings is 1. The highest BCUT2D eigenvalue weighted by Crippen LogP contribution is 2.31. The van der Waals surface area contributed by atoms with Gasteiger partial charge in [0.15, 0.2) is 0 Å². The van der Waals surface area contributed by atoms with Crippen LogP contribution < -0.4 is 11.1 Å². The minimum atomic E-state index is -0.684. The zero-order valence-corrected chi connectivity index (χ0v) is 10.1. The standard InChI is InChI=1S/C11H17N3O4/c12-7-11(1-3-18-4-2-11)10(17)14-5-8(15)13-9(16)6-14/h1-7,12H2,(H,13,15,16). The second kappa shape index (κ2) is 5.03. The molecule has 2 fully saturated rings. The Labute approximate surface area is 105 Å². The Bertz CT molecular complexity index is 360. The molecule has 2 aliphatic heterocycles. The first-order chi connectivity index (χ1) is 8.57. The van der Waals surface area contributed by atoms with Gasteiger partial charge in [-0.2, -0.15) is 0 Å². The van der Waals surface area contributed by atoms with Crippen molar-refractivity contribution in [3.63, 3.8) is 0 Å². The van der Waals surface area contributed by atoms with Crippen LogP contribution in [0.5, 0.6) is 0 Å². The van der Waals surface area contributed by atoms with E-state index in [4.69, 9.17) is 10.5 Å². The lowest BCUT2D eigenvalue weighted by Crippen LogP contribution is -2.59. The molecule has 3 amide bonds. The van der Waals surface area contributed by atoms with Crippen LogP contribution in [0, 0.1) is 5.41 Å². The Kier molecular flexibility index (Phi) is 3.63. The number of nitrogens with two attached hydrogens (primary N) is 1. The summed E-state index contributed by atoms with van der Waals surface area (Å²) < 4.78 is 5.23. The summed E-state index contributed by atoms with van der Waals surface area (Å²) in [5.74, 6) is -1.10. The Balaban J connectivity index is 2.13. The number of rotatable bonds is 2. The summed E-state index contributed by atoms with van der Waals surface area (Å²) >= 11 is 0. The molecule has 2 rings (SSSR count). The fraction of sp³-hybridized carbons (Fsp3) is 0.727. The van der Waals surface area contributed by atoms with Gasteiger partial charge in [0.1, 0.15) is 13.1 Å². The summed E-state index contributed by atoms with van der Waals surface area (Å²) in [7, 11) is 0. The van der Waals surface area contributed by atoms with E-state index in [0.717, 1.165) is 0 Å². The monoisotopic (exact) mass is 255 g/mol. The molecule has 0 aromatic rings. The first-order valence-electron chi connectivity index (χ1n) is 5.97. The van der Waals surface area contributed by atoms with Crippen molar-refractivity contribution >= 4 is 17.7 Å². The van der Waals surface area contributed by atoms with Gasteiger partial charge in [-0.05, 0) is 12.8 Å². The molecule has 2 aliphatic rings. The number of hydrogen-bond donors (Lipinski definition) is 2. The number of ether oxygens (including phenoxy) is 1. The molecule has 0 saturated carbocycles. The summed E-state index contributed by atoms with van der Waals surface area (Å²) in [6.45, 7) is 1.02. The third-order valence-electron chi connectivity index (χ3n) is 3.53. The number of amides is 3. The van der Waals surface area contributed by atoms with E-state index in [1.165, 1.54) is 4.90 Å². The Hall–Kier alpha value is -1.47. The van der Waals surface area contributed by atoms with Crippen LogP contribution >= 0.6 is 0 Å². The van der Waals surface area contributed by atoms with Crippen LogP contribution in [0.15, 0.2) is 0 Å². The SMILES string of the molecule is NCC1(C(=O)N2CC(=O)NC(=O)C2)CCOCC1. The van der Waals surface area contributed by atoms with E-state index in [2.05, 4.69) is 5.32 Å². The second-order valence-corrected chi connectivity index (χ2v) is 4.73. The number of imide groups is 1. The average Bonchev–Trinajstić information content (AvgIpc) is 2.37. The predicted octanol–water partition coefficient (Wildman–Crippen LogP) is -1.77. The lowest BCUT2D eigenvalue weighted by Gasteiger charge is -2.39. The Morgan fingerprint density at radius 3 is 2.33 bits per heavy atom. The highest BCUT2D eigenvalue weighted by Gasteiger charge is 2.43.